The minimum absolute atomic E-state index is 0.650. The molecule has 0 spiro atoms. The Hall–Kier alpha value is -1.52. The predicted molar refractivity (Wildman–Crippen MR) is 77.1 cm³/mol. The van der Waals surface area contributed by atoms with E-state index in [-0.39, 0.29) is 0 Å². The summed E-state index contributed by atoms with van der Waals surface area (Å²) in [6, 6.07) is 7.50. The third-order valence-electron chi connectivity index (χ3n) is 2.78. The molecule has 2 aromatic rings. The minimum atomic E-state index is 0.650. The summed E-state index contributed by atoms with van der Waals surface area (Å²) in [5, 5.41) is 8.47. The molecule has 0 amide bonds. The van der Waals surface area contributed by atoms with Crippen molar-refractivity contribution in [2.24, 2.45) is 0 Å². The van der Waals surface area contributed by atoms with Crippen LogP contribution in [0.4, 0.5) is 0 Å². The Bertz CT molecular complexity index is 539. The third-order valence-corrected chi connectivity index (χ3v) is 3.10. The maximum atomic E-state index is 6.19. The molecule has 0 aliphatic carbocycles. The number of benzene rings is 1. The minimum Gasteiger partial charge on any atom is -0.497 e. The lowest BCUT2D eigenvalue weighted by atomic mass is 10.3. The first kappa shape index (κ1) is 13.9. The summed E-state index contributed by atoms with van der Waals surface area (Å²) in [7, 11) is 1.64. The van der Waals surface area contributed by atoms with Crippen LogP contribution in [-0.2, 0) is 6.54 Å². The number of nitrogens with one attached hydrogen (secondary N) is 1. The van der Waals surface area contributed by atoms with Gasteiger partial charge in [0.15, 0.2) is 0 Å². The Morgan fingerprint density at radius 3 is 2.95 bits per heavy atom. The van der Waals surface area contributed by atoms with Gasteiger partial charge in [-0.15, -0.1) is 0 Å². The van der Waals surface area contributed by atoms with E-state index >= 15 is 0 Å². The van der Waals surface area contributed by atoms with Gasteiger partial charge in [-0.2, -0.15) is 5.10 Å². The van der Waals surface area contributed by atoms with Crippen molar-refractivity contribution in [1.82, 2.24) is 15.1 Å². The van der Waals surface area contributed by atoms with E-state index in [0.29, 0.717) is 5.02 Å². The SMILES string of the molecule is CCCNCc1ccn(-c2cc(OC)ccc2Cl)n1. The molecule has 0 aliphatic heterocycles. The van der Waals surface area contributed by atoms with Crippen LogP contribution in [0.3, 0.4) is 0 Å². The Kier molecular flexibility index (Phi) is 4.82. The first-order valence-electron chi connectivity index (χ1n) is 6.33. The topological polar surface area (TPSA) is 39.1 Å². The van der Waals surface area contributed by atoms with E-state index in [1.165, 1.54) is 0 Å². The first-order valence-corrected chi connectivity index (χ1v) is 6.71. The van der Waals surface area contributed by atoms with Crippen LogP contribution < -0.4 is 10.1 Å². The van der Waals surface area contributed by atoms with Crippen LogP contribution in [0.5, 0.6) is 5.75 Å². The fourth-order valence-electron chi connectivity index (χ4n) is 1.78. The lowest BCUT2D eigenvalue weighted by Crippen LogP contribution is -2.14. The largest absolute Gasteiger partial charge is 0.497 e. The Labute approximate surface area is 118 Å². The summed E-state index contributed by atoms with van der Waals surface area (Å²) in [5.41, 5.74) is 1.81. The Morgan fingerprint density at radius 1 is 1.37 bits per heavy atom. The van der Waals surface area contributed by atoms with Crippen LogP contribution in [0.25, 0.3) is 5.69 Å². The highest BCUT2D eigenvalue weighted by Crippen LogP contribution is 2.25. The van der Waals surface area contributed by atoms with Gasteiger partial charge in [0, 0.05) is 18.8 Å². The van der Waals surface area contributed by atoms with Gasteiger partial charge in [0.05, 0.1) is 23.5 Å². The Balaban J connectivity index is 2.17. The monoisotopic (exact) mass is 279 g/mol. The van der Waals surface area contributed by atoms with Crippen molar-refractivity contribution in [2.45, 2.75) is 19.9 Å². The highest BCUT2D eigenvalue weighted by atomic mass is 35.5. The van der Waals surface area contributed by atoms with Crippen molar-refractivity contribution in [2.75, 3.05) is 13.7 Å². The second-order valence-corrected chi connectivity index (χ2v) is 4.65. The van der Waals surface area contributed by atoms with Crippen molar-refractivity contribution >= 4 is 11.6 Å². The van der Waals surface area contributed by atoms with Gasteiger partial charge in [-0.25, -0.2) is 4.68 Å². The highest BCUT2D eigenvalue weighted by molar-refractivity contribution is 6.32. The zero-order chi connectivity index (χ0) is 13.7. The number of ether oxygens (including phenoxy) is 1. The first-order chi connectivity index (χ1) is 9.24. The van der Waals surface area contributed by atoms with Gasteiger partial charge in [0.1, 0.15) is 5.75 Å². The molecule has 0 bridgehead atoms. The normalized spacial score (nSPS) is 10.7. The maximum Gasteiger partial charge on any atom is 0.121 e. The number of methoxy groups -OCH3 is 1. The molecule has 0 fully saturated rings. The van der Waals surface area contributed by atoms with Crippen LogP contribution in [0, 0.1) is 0 Å². The summed E-state index contributed by atoms with van der Waals surface area (Å²) in [6.45, 7) is 3.90. The number of halogens is 1. The molecule has 5 heteroatoms. The van der Waals surface area contributed by atoms with Crippen molar-refractivity contribution in [3.63, 3.8) is 0 Å². The van der Waals surface area contributed by atoms with Crippen LogP contribution in [0.15, 0.2) is 30.5 Å². The maximum absolute atomic E-state index is 6.19. The number of hydrogen-bond acceptors (Lipinski definition) is 3. The van der Waals surface area contributed by atoms with Crippen LogP contribution in [0.1, 0.15) is 19.0 Å². The fourth-order valence-corrected chi connectivity index (χ4v) is 1.98. The molecule has 0 unspecified atom stereocenters. The lowest BCUT2D eigenvalue weighted by molar-refractivity contribution is 0.414. The van der Waals surface area contributed by atoms with E-state index in [2.05, 4.69) is 17.3 Å². The van der Waals surface area contributed by atoms with E-state index in [9.17, 15) is 0 Å². The number of aromatic nitrogens is 2. The average Bonchev–Trinajstić information content (AvgIpc) is 2.88. The van der Waals surface area contributed by atoms with Gasteiger partial charge >= 0.3 is 0 Å². The molecule has 1 heterocycles. The molecular weight excluding hydrogens is 262 g/mol. The molecular formula is C14H18ClN3O. The zero-order valence-corrected chi connectivity index (χ0v) is 11.9. The Morgan fingerprint density at radius 2 is 2.21 bits per heavy atom. The number of nitrogens with zero attached hydrogens (tertiary/aromatic N) is 2. The second-order valence-electron chi connectivity index (χ2n) is 4.25. The van der Waals surface area contributed by atoms with Gasteiger partial charge in [-0.3, -0.25) is 0 Å². The van der Waals surface area contributed by atoms with Gasteiger partial charge in [0.25, 0.3) is 0 Å². The number of hydrogen-bond donors (Lipinski definition) is 1. The molecule has 0 saturated heterocycles. The van der Waals surface area contributed by atoms with Crippen molar-refractivity contribution in [3.8, 4) is 11.4 Å². The van der Waals surface area contributed by atoms with E-state index < -0.39 is 0 Å². The molecule has 2 rings (SSSR count). The summed E-state index contributed by atoms with van der Waals surface area (Å²) in [5.74, 6) is 0.764. The molecule has 0 saturated carbocycles. The van der Waals surface area contributed by atoms with Gasteiger partial charge < -0.3 is 10.1 Å². The van der Waals surface area contributed by atoms with Crippen LogP contribution >= 0.6 is 11.6 Å². The molecule has 0 atom stereocenters. The number of rotatable bonds is 6. The van der Waals surface area contributed by atoms with Crippen LogP contribution in [0.2, 0.25) is 5.02 Å². The molecule has 0 radical (unpaired) electrons. The highest BCUT2D eigenvalue weighted by Gasteiger charge is 2.07. The quantitative estimate of drug-likeness (QED) is 0.826. The van der Waals surface area contributed by atoms with Crippen molar-refractivity contribution in [1.29, 1.82) is 0 Å². The van der Waals surface area contributed by atoms with Crippen LogP contribution in [-0.4, -0.2) is 23.4 Å². The smallest absolute Gasteiger partial charge is 0.121 e. The summed E-state index contributed by atoms with van der Waals surface area (Å²) >= 11 is 6.19. The summed E-state index contributed by atoms with van der Waals surface area (Å²) in [6.07, 6.45) is 3.02. The molecule has 19 heavy (non-hydrogen) atoms. The molecule has 1 aromatic heterocycles. The van der Waals surface area contributed by atoms with Gasteiger partial charge in [-0.1, -0.05) is 18.5 Å². The summed E-state index contributed by atoms with van der Waals surface area (Å²) < 4.78 is 6.98. The summed E-state index contributed by atoms with van der Waals surface area (Å²) in [4.78, 5) is 0. The van der Waals surface area contributed by atoms with Gasteiger partial charge in [0.2, 0.25) is 0 Å². The molecule has 4 nitrogen and oxygen atoms in total. The van der Waals surface area contributed by atoms with Crippen molar-refractivity contribution in [3.05, 3.63) is 41.2 Å². The van der Waals surface area contributed by atoms with E-state index in [1.807, 2.05) is 30.5 Å². The van der Waals surface area contributed by atoms with E-state index in [4.69, 9.17) is 16.3 Å². The van der Waals surface area contributed by atoms with E-state index in [0.717, 1.165) is 36.6 Å². The van der Waals surface area contributed by atoms with Gasteiger partial charge in [-0.05, 0) is 31.2 Å². The molecule has 1 N–H and O–H groups in total. The predicted octanol–water partition coefficient (Wildman–Crippen LogP) is 3.03. The fraction of sp³-hybridized carbons (Fsp3) is 0.357. The average molecular weight is 280 g/mol. The molecule has 102 valence electrons. The molecule has 1 aromatic carbocycles. The van der Waals surface area contributed by atoms with E-state index in [1.54, 1.807) is 11.8 Å². The van der Waals surface area contributed by atoms with Crippen molar-refractivity contribution < 1.29 is 4.74 Å². The standard InChI is InChI=1S/C14H18ClN3O/c1-3-7-16-10-11-6-8-18(17-11)14-9-12(19-2)4-5-13(14)15/h4-6,8-9,16H,3,7,10H2,1-2H3. The lowest BCUT2D eigenvalue weighted by Gasteiger charge is -2.07. The molecule has 0 aliphatic rings. The third kappa shape index (κ3) is 3.49. The zero-order valence-electron chi connectivity index (χ0n) is 11.2. The second kappa shape index (κ2) is 6.59.